The number of hydrogen-bond donors (Lipinski definition) is 8. The van der Waals surface area contributed by atoms with Crippen LogP contribution in [-0.4, -0.2) is 154 Å². The van der Waals surface area contributed by atoms with Gasteiger partial charge in [0, 0.05) is 12.1 Å². The van der Waals surface area contributed by atoms with E-state index in [1.54, 1.807) is 12.1 Å². The van der Waals surface area contributed by atoms with Crippen LogP contribution in [0.2, 0.25) is 5.28 Å². The van der Waals surface area contributed by atoms with Gasteiger partial charge in [-0.1, -0.05) is 64.2 Å². The van der Waals surface area contributed by atoms with Crippen LogP contribution >= 0.6 is 11.6 Å². The van der Waals surface area contributed by atoms with Crippen molar-refractivity contribution in [2.45, 2.75) is 166 Å². The minimum Gasteiger partial charge on any atom is -0.507 e. The van der Waals surface area contributed by atoms with Crippen molar-refractivity contribution in [2.75, 3.05) is 26.4 Å². The van der Waals surface area contributed by atoms with Crippen molar-refractivity contribution in [1.82, 2.24) is 15.0 Å². The highest BCUT2D eigenvalue weighted by Crippen LogP contribution is 2.35. The molecule has 31 nitrogen and oxygen atoms in total. The number of phenolic OH excluding ortho intramolecular Hbond substituents is 2. The van der Waals surface area contributed by atoms with Gasteiger partial charge in [-0.25, -0.2) is 30.1 Å². The monoisotopic (exact) mass is 1330 g/mol. The van der Waals surface area contributed by atoms with E-state index in [0.29, 0.717) is 63.2 Å². The fraction of sp³-hybridized carbons (Fsp3) is 0.667. The Balaban J connectivity index is 1.40. The number of unbranched alkanes of at least 4 members (excludes halogenated alkanes) is 10. The Morgan fingerprint density at radius 2 is 0.651 bits per heavy atom. The van der Waals surface area contributed by atoms with Gasteiger partial charge < -0.3 is 19.7 Å². The summed E-state index contributed by atoms with van der Waals surface area (Å²) in [4.78, 5) is 12.7. The van der Waals surface area contributed by atoms with Crippen LogP contribution in [0.5, 0.6) is 23.0 Å². The van der Waals surface area contributed by atoms with E-state index < -0.39 is 100 Å². The normalized spacial score (nSPS) is 14.3. The van der Waals surface area contributed by atoms with Crippen molar-refractivity contribution in [1.29, 1.82) is 0 Å². The molecule has 0 radical (unpaired) electrons. The molecule has 38 heteroatoms. The van der Waals surface area contributed by atoms with Crippen LogP contribution in [0.25, 0.3) is 22.8 Å². The topological polar surface area (TPSA) is 479 Å². The molecule has 4 atom stereocenters. The van der Waals surface area contributed by atoms with Gasteiger partial charge >= 0.3 is 62.4 Å². The molecule has 1 heterocycles. The summed E-state index contributed by atoms with van der Waals surface area (Å²) in [6, 6.07) is 8.98. The highest BCUT2D eigenvalue weighted by atomic mass is 35.5. The van der Waals surface area contributed by atoms with Gasteiger partial charge in [-0.15, -0.1) is 0 Å². The van der Waals surface area contributed by atoms with Gasteiger partial charge in [0.15, 0.2) is 11.6 Å². The van der Waals surface area contributed by atoms with Crippen LogP contribution in [0.15, 0.2) is 36.4 Å². The third kappa shape index (κ3) is 36.0. The molecule has 0 spiro atoms. The smallest absolute Gasteiger partial charge is 0.397 e. The zero-order valence-electron chi connectivity index (χ0n) is 44.6. The van der Waals surface area contributed by atoms with Crippen molar-refractivity contribution in [3.63, 3.8) is 0 Å². The lowest BCUT2D eigenvalue weighted by atomic mass is 10.0. The quantitative estimate of drug-likeness (QED) is 0.0208. The molecule has 3 rings (SSSR count). The first-order valence-corrected chi connectivity index (χ1v) is 34.4. The summed E-state index contributed by atoms with van der Waals surface area (Å²) in [5.74, 6) is 0.237. The second-order valence-corrected chi connectivity index (χ2v) is 25.4. The Morgan fingerprint density at radius 3 is 0.940 bits per heavy atom. The van der Waals surface area contributed by atoms with Crippen LogP contribution in [0.3, 0.4) is 0 Å². The van der Waals surface area contributed by atoms with Gasteiger partial charge in [0.25, 0.3) is 0 Å². The van der Waals surface area contributed by atoms with E-state index in [0.717, 1.165) is 38.5 Å². The maximum absolute atomic E-state index is 11.5. The van der Waals surface area contributed by atoms with E-state index >= 15 is 0 Å². The summed E-state index contributed by atoms with van der Waals surface area (Å²) in [5, 5.41) is 21.6. The number of aromatic hydroxyl groups is 2. The fourth-order valence-electron chi connectivity index (χ4n) is 8.26. The molecule has 0 bridgehead atoms. The average Bonchev–Trinajstić information content (AvgIpc) is 3.52. The standard InChI is InChI=1S/C45H70ClN3O28S6/c46-45-48-43(39-25-23-37(31-41(39)50)70-27-11-7-3-1-5-9-15-33(74-80(58,59)60)19-21-35(76-82(64,65)66)17-13-29-72-78(52,53)54)47-44(49-45)40-26-24-38(32-42(40)51)71-28-12-8-4-2-6-10-16-34(75-81(61,62)63)20-22-36(77-83(67,68)69)18-14-30-73-79(55,56)57/h23-26,31-36,50-51H,1-22,27-30H2,(H,52,53,54)(H,55,56,57)(H,58,59,60)(H,61,62,63)(H,64,65,66)(H,67,68,69). The van der Waals surface area contributed by atoms with E-state index in [4.69, 9.17) is 47.7 Å². The van der Waals surface area contributed by atoms with E-state index in [9.17, 15) is 69.8 Å². The first-order valence-electron chi connectivity index (χ1n) is 25.8. The molecular weight excluding hydrogens is 1260 g/mol. The molecule has 4 unspecified atom stereocenters. The van der Waals surface area contributed by atoms with E-state index in [1.807, 2.05) is 0 Å². The molecule has 0 aliphatic rings. The summed E-state index contributed by atoms with van der Waals surface area (Å²) in [6.45, 7) is -0.462. The SMILES string of the molecule is O=S(=O)(O)OCCCC(CCC(CCCCCCCCOc1ccc(-c2nc(Cl)nc(-c3ccc(OCCCCCCCCC(CCC(CCCOS(=O)(=O)O)OS(=O)(=O)O)OS(=O)(=O)O)cc3O)n2)c(O)c1)OS(=O)(=O)O)OS(=O)(=O)O. The molecule has 0 fully saturated rings. The van der Waals surface area contributed by atoms with Crippen molar-refractivity contribution in [3.05, 3.63) is 41.7 Å². The van der Waals surface area contributed by atoms with Gasteiger partial charge in [0.2, 0.25) is 5.28 Å². The summed E-state index contributed by atoms with van der Waals surface area (Å²) in [6.07, 6.45) is 2.45. The molecular formula is C45H70ClN3O28S6. The molecule has 3 aromatic rings. The second-order valence-electron chi connectivity index (χ2n) is 18.6. The predicted molar refractivity (Wildman–Crippen MR) is 292 cm³/mol. The molecule has 476 valence electrons. The van der Waals surface area contributed by atoms with Crippen LogP contribution < -0.4 is 9.47 Å². The van der Waals surface area contributed by atoms with E-state index in [-0.39, 0.29) is 104 Å². The molecule has 83 heavy (non-hydrogen) atoms. The Labute approximate surface area is 488 Å². The van der Waals surface area contributed by atoms with Crippen molar-refractivity contribution in [2.24, 2.45) is 0 Å². The lowest BCUT2D eigenvalue weighted by molar-refractivity contribution is 0.113. The molecule has 2 aromatic carbocycles. The number of phenols is 2. The second kappa shape index (κ2) is 35.7. The number of rotatable bonds is 46. The first-order chi connectivity index (χ1) is 38.6. The number of nitrogens with zero attached hydrogens (tertiary/aromatic N) is 3. The Morgan fingerprint density at radius 1 is 0.361 bits per heavy atom. The molecule has 0 amide bonds. The highest BCUT2D eigenvalue weighted by molar-refractivity contribution is 7.82. The fourth-order valence-corrected chi connectivity index (χ4v) is 11.2. The molecule has 0 aliphatic heterocycles. The average molecular weight is 1330 g/mol. The molecule has 0 saturated carbocycles. The first kappa shape index (κ1) is 73.4. The van der Waals surface area contributed by atoms with Gasteiger partial charge in [-0.05, 0) is 113 Å². The van der Waals surface area contributed by atoms with E-state index in [2.05, 4.69) is 31.7 Å². The molecule has 0 aliphatic carbocycles. The van der Waals surface area contributed by atoms with Gasteiger partial charge in [-0.2, -0.15) is 60.5 Å². The number of aromatic nitrogens is 3. The molecule has 0 saturated heterocycles. The predicted octanol–water partition coefficient (Wildman–Crippen LogP) is 7.00. The van der Waals surface area contributed by atoms with Crippen LogP contribution in [0, 0.1) is 0 Å². The van der Waals surface area contributed by atoms with Crippen LogP contribution in [0.1, 0.15) is 141 Å². The number of benzene rings is 2. The zero-order valence-corrected chi connectivity index (χ0v) is 50.2. The Bertz CT molecular complexity index is 2960. The maximum atomic E-state index is 11.5. The zero-order chi connectivity index (χ0) is 61.9. The maximum Gasteiger partial charge on any atom is 0.397 e. The van der Waals surface area contributed by atoms with Crippen molar-refractivity contribution >= 4 is 74.0 Å². The Kier molecular flexibility index (Phi) is 31.6. The lowest BCUT2D eigenvalue weighted by Gasteiger charge is -2.20. The van der Waals surface area contributed by atoms with Crippen molar-refractivity contribution < 1.29 is 123 Å². The third-order valence-corrected chi connectivity index (χ3v) is 15.0. The minimum absolute atomic E-state index is 0.00243. The summed E-state index contributed by atoms with van der Waals surface area (Å²) >= 11 is 6.26. The van der Waals surface area contributed by atoms with E-state index in [1.165, 1.54) is 24.3 Å². The summed E-state index contributed by atoms with van der Waals surface area (Å²) in [5.41, 5.74) is 0.382. The van der Waals surface area contributed by atoms with Gasteiger partial charge in [0.05, 0.1) is 62.0 Å². The summed E-state index contributed by atoms with van der Waals surface area (Å²) in [7, 11) is -29.2. The van der Waals surface area contributed by atoms with Gasteiger partial charge in [-0.3, -0.25) is 27.3 Å². The molecule has 8 N–H and O–H groups in total. The lowest BCUT2D eigenvalue weighted by Crippen LogP contribution is -2.24. The number of ether oxygens (including phenoxy) is 2. The minimum atomic E-state index is -4.95. The number of halogens is 1. The van der Waals surface area contributed by atoms with Gasteiger partial charge in [0.1, 0.15) is 23.0 Å². The number of hydrogen-bond acceptors (Lipinski definition) is 25. The van der Waals surface area contributed by atoms with Crippen LogP contribution in [0.4, 0.5) is 0 Å². The van der Waals surface area contributed by atoms with Crippen molar-refractivity contribution in [3.8, 4) is 45.8 Å². The molecule has 1 aromatic heterocycles. The largest absolute Gasteiger partial charge is 0.507 e. The third-order valence-electron chi connectivity index (χ3n) is 11.9. The highest BCUT2D eigenvalue weighted by Gasteiger charge is 2.25. The van der Waals surface area contributed by atoms with Crippen LogP contribution in [-0.2, 0) is 87.5 Å². The summed E-state index contributed by atoms with van der Waals surface area (Å²) < 4.78 is 227. The Hall–Kier alpha value is -3.84.